The summed E-state index contributed by atoms with van der Waals surface area (Å²) in [5.74, 6) is 0.216. The van der Waals surface area contributed by atoms with E-state index in [1.165, 1.54) is 6.07 Å². The fourth-order valence-corrected chi connectivity index (χ4v) is 3.02. The SMILES string of the molecule is CC(C)(C)OC(=O)N1Cc2cc(Br)ccc2OS1(=O)=O. The van der Waals surface area contributed by atoms with Crippen LogP contribution >= 0.6 is 15.9 Å². The number of carbonyl (C=O) groups is 1. The fourth-order valence-electron chi connectivity index (χ4n) is 1.61. The van der Waals surface area contributed by atoms with Crippen molar-refractivity contribution >= 4 is 32.3 Å². The van der Waals surface area contributed by atoms with Gasteiger partial charge in [-0.3, -0.25) is 0 Å². The molecule has 0 aliphatic carbocycles. The smallest absolute Gasteiger partial charge is 0.427 e. The highest BCUT2D eigenvalue weighted by atomic mass is 79.9. The van der Waals surface area contributed by atoms with Crippen molar-refractivity contribution in [2.45, 2.75) is 32.9 Å². The highest BCUT2D eigenvalue weighted by Gasteiger charge is 2.38. The average Bonchev–Trinajstić information content (AvgIpc) is 2.25. The van der Waals surface area contributed by atoms with Gasteiger partial charge in [0, 0.05) is 10.0 Å². The molecule has 20 heavy (non-hydrogen) atoms. The molecule has 1 aromatic carbocycles. The molecule has 0 spiro atoms. The van der Waals surface area contributed by atoms with Gasteiger partial charge in [-0.05, 0) is 39.0 Å². The molecule has 0 unspecified atom stereocenters. The second kappa shape index (κ2) is 4.92. The van der Waals surface area contributed by atoms with E-state index in [1.54, 1.807) is 32.9 Å². The van der Waals surface area contributed by atoms with Gasteiger partial charge in [-0.1, -0.05) is 15.9 Å². The van der Waals surface area contributed by atoms with Crippen LogP contribution in [0.4, 0.5) is 4.79 Å². The number of benzene rings is 1. The van der Waals surface area contributed by atoms with Crippen molar-refractivity contribution in [2.75, 3.05) is 0 Å². The van der Waals surface area contributed by atoms with Crippen molar-refractivity contribution in [1.29, 1.82) is 0 Å². The molecule has 6 nitrogen and oxygen atoms in total. The third kappa shape index (κ3) is 3.24. The van der Waals surface area contributed by atoms with Gasteiger partial charge in [-0.25, -0.2) is 4.79 Å². The highest BCUT2D eigenvalue weighted by molar-refractivity contribution is 9.10. The molecule has 0 fully saturated rings. The Kier molecular flexibility index (Phi) is 3.72. The Morgan fingerprint density at radius 3 is 2.65 bits per heavy atom. The quantitative estimate of drug-likeness (QED) is 0.708. The second-order valence-corrected chi connectivity index (χ2v) is 7.66. The number of halogens is 1. The predicted octanol–water partition coefficient (Wildman–Crippen LogP) is 2.82. The van der Waals surface area contributed by atoms with Gasteiger partial charge < -0.3 is 8.92 Å². The van der Waals surface area contributed by atoms with Crippen LogP contribution in [0.15, 0.2) is 22.7 Å². The van der Waals surface area contributed by atoms with E-state index >= 15 is 0 Å². The highest BCUT2D eigenvalue weighted by Crippen LogP contribution is 2.32. The van der Waals surface area contributed by atoms with Crippen LogP contribution in [0.5, 0.6) is 5.75 Å². The molecule has 0 saturated carbocycles. The van der Waals surface area contributed by atoms with E-state index in [0.29, 0.717) is 9.87 Å². The third-order valence-corrected chi connectivity index (χ3v) is 4.10. The molecule has 1 aromatic rings. The van der Waals surface area contributed by atoms with Gasteiger partial charge in [0.05, 0.1) is 6.54 Å². The monoisotopic (exact) mass is 363 g/mol. The standard InChI is InChI=1S/C12H14BrNO5S/c1-12(2,3)18-11(15)14-7-8-6-9(13)4-5-10(8)19-20(14,16)17/h4-6H,7H2,1-3H3. The summed E-state index contributed by atoms with van der Waals surface area (Å²) in [6.45, 7) is 4.86. The molecule has 1 amide bonds. The molecule has 0 aromatic heterocycles. The molecular weight excluding hydrogens is 350 g/mol. The Morgan fingerprint density at radius 2 is 2.05 bits per heavy atom. The van der Waals surface area contributed by atoms with Crippen molar-refractivity contribution in [3.63, 3.8) is 0 Å². The van der Waals surface area contributed by atoms with Gasteiger partial charge in [0.25, 0.3) is 0 Å². The molecule has 0 atom stereocenters. The molecule has 110 valence electrons. The molecule has 2 rings (SSSR count). The van der Waals surface area contributed by atoms with Gasteiger partial charge in [-0.2, -0.15) is 12.7 Å². The Bertz CT molecular complexity index is 650. The molecule has 1 heterocycles. The molecule has 0 radical (unpaired) electrons. The largest absolute Gasteiger partial charge is 0.443 e. The summed E-state index contributed by atoms with van der Waals surface area (Å²) in [6.07, 6.45) is -0.955. The van der Waals surface area contributed by atoms with Gasteiger partial charge in [-0.15, -0.1) is 0 Å². The van der Waals surface area contributed by atoms with Crippen LogP contribution in [0.2, 0.25) is 0 Å². The summed E-state index contributed by atoms with van der Waals surface area (Å²) < 4.78 is 35.2. The average molecular weight is 364 g/mol. The molecule has 1 aliphatic rings. The maximum atomic E-state index is 12.0. The van der Waals surface area contributed by atoms with Crippen molar-refractivity contribution in [3.8, 4) is 5.75 Å². The summed E-state index contributed by atoms with van der Waals surface area (Å²) in [4.78, 5) is 12.0. The van der Waals surface area contributed by atoms with Gasteiger partial charge >= 0.3 is 16.4 Å². The first-order valence-electron chi connectivity index (χ1n) is 5.82. The van der Waals surface area contributed by atoms with Crippen LogP contribution in [0.25, 0.3) is 0 Å². The van der Waals surface area contributed by atoms with Crippen molar-refractivity contribution in [3.05, 3.63) is 28.2 Å². The number of hydrogen-bond donors (Lipinski definition) is 0. The number of amides is 1. The lowest BCUT2D eigenvalue weighted by Crippen LogP contribution is -2.44. The van der Waals surface area contributed by atoms with Crippen molar-refractivity contribution < 1.29 is 22.1 Å². The lowest BCUT2D eigenvalue weighted by atomic mass is 10.2. The Morgan fingerprint density at radius 1 is 1.40 bits per heavy atom. The van der Waals surface area contributed by atoms with E-state index in [4.69, 9.17) is 8.92 Å². The minimum atomic E-state index is -4.18. The number of hydrogen-bond acceptors (Lipinski definition) is 5. The zero-order chi connectivity index (χ0) is 15.1. The van der Waals surface area contributed by atoms with Crippen LogP contribution in [-0.4, -0.2) is 24.4 Å². The van der Waals surface area contributed by atoms with Gasteiger partial charge in [0.15, 0.2) is 0 Å². The van der Waals surface area contributed by atoms with E-state index in [2.05, 4.69) is 15.9 Å². The topological polar surface area (TPSA) is 72.9 Å². The van der Waals surface area contributed by atoms with Crippen LogP contribution in [0.3, 0.4) is 0 Å². The summed E-state index contributed by atoms with van der Waals surface area (Å²) in [7, 11) is -4.18. The van der Waals surface area contributed by atoms with E-state index in [9.17, 15) is 13.2 Å². The minimum absolute atomic E-state index is 0.119. The van der Waals surface area contributed by atoms with E-state index in [0.717, 1.165) is 4.47 Å². The number of ether oxygens (including phenoxy) is 1. The molecule has 8 heteroatoms. The zero-order valence-corrected chi connectivity index (χ0v) is 13.6. The molecule has 0 N–H and O–H groups in total. The number of nitrogens with zero attached hydrogens (tertiary/aromatic N) is 1. The number of fused-ring (bicyclic) bond motifs is 1. The summed E-state index contributed by atoms with van der Waals surface area (Å²) >= 11 is 3.29. The molecule has 0 bridgehead atoms. The maximum Gasteiger partial charge on any atom is 0.427 e. The summed E-state index contributed by atoms with van der Waals surface area (Å²) in [5, 5.41) is 0. The Hall–Kier alpha value is -1.28. The molecule has 1 aliphatic heterocycles. The summed E-state index contributed by atoms with van der Waals surface area (Å²) in [6, 6.07) is 4.89. The normalized spacial score (nSPS) is 17.1. The van der Waals surface area contributed by atoms with E-state index < -0.39 is 22.0 Å². The van der Waals surface area contributed by atoms with Crippen LogP contribution < -0.4 is 4.18 Å². The maximum absolute atomic E-state index is 12.0. The Labute approximate surface area is 126 Å². The third-order valence-electron chi connectivity index (χ3n) is 2.40. The van der Waals surface area contributed by atoms with E-state index in [-0.39, 0.29) is 12.3 Å². The molecular formula is C12H14BrNO5S. The Balaban J connectivity index is 2.34. The predicted molar refractivity (Wildman–Crippen MR) is 75.5 cm³/mol. The second-order valence-electron chi connectivity index (χ2n) is 5.28. The first-order valence-corrected chi connectivity index (χ1v) is 7.98. The molecule has 0 saturated heterocycles. The van der Waals surface area contributed by atoms with Crippen LogP contribution in [0.1, 0.15) is 26.3 Å². The first kappa shape index (κ1) is 15.1. The van der Waals surface area contributed by atoms with Gasteiger partial charge in [0.1, 0.15) is 11.4 Å². The summed E-state index contributed by atoms with van der Waals surface area (Å²) in [5.41, 5.74) is -0.204. The lowest BCUT2D eigenvalue weighted by Gasteiger charge is -2.29. The fraction of sp³-hybridized carbons (Fsp3) is 0.417. The van der Waals surface area contributed by atoms with Crippen LogP contribution in [0, 0.1) is 0 Å². The van der Waals surface area contributed by atoms with Crippen molar-refractivity contribution in [2.24, 2.45) is 0 Å². The lowest BCUT2D eigenvalue weighted by molar-refractivity contribution is 0.0363. The first-order chi connectivity index (χ1) is 9.08. The van der Waals surface area contributed by atoms with Crippen LogP contribution in [-0.2, 0) is 21.6 Å². The number of rotatable bonds is 0. The van der Waals surface area contributed by atoms with E-state index in [1.807, 2.05) is 0 Å². The minimum Gasteiger partial charge on any atom is -0.443 e. The van der Waals surface area contributed by atoms with Crippen molar-refractivity contribution in [1.82, 2.24) is 4.31 Å². The van der Waals surface area contributed by atoms with Gasteiger partial charge in [0.2, 0.25) is 0 Å². The zero-order valence-electron chi connectivity index (χ0n) is 11.2. The number of carbonyl (C=O) groups excluding carboxylic acids is 1.